The summed E-state index contributed by atoms with van der Waals surface area (Å²) in [5.41, 5.74) is 0. The number of carboxylic acids is 1. The van der Waals surface area contributed by atoms with Crippen molar-refractivity contribution in [2.24, 2.45) is 0 Å². The Morgan fingerprint density at radius 1 is 1.07 bits per heavy atom. The first kappa shape index (κ1) is 26.7. The molecule has 0 heterocycles. The monoisotopic (exact) mass is 434 g/mol. The van der Waals surface area contributed by atoms with Gasteiger partial charge in [-0.1, -0.05) is 0 Å². The molecule has 0 aliphatic carbocycles. The van der Waals surface area contributed by atoms with Gasteiger partial charge < -0.3 is 35.1 Å². The van der Waals surface area contributed by atoms with Crippen molar-refractivity contribution in [2.75, 3.05) is 46.6 Å². The number of hydrogen-bond acceptors (Lipinski definition) is 8. The quantitative estimate of drug-likeness (QED) is 0.135. The third kappa shape index (κ3) is 13.5. The molecule has 0 aliphatic heterocycles. The number of carboxylic acid groups (broad SMARTS) is 1. The fourth-order valence-electron chi connectivity index (χ4n) is 2.00. The van der Waals surface area contributed by atoms with Crippen molar-refractivity contribution in [3.05, 3.63) is 0 Å². The topological polar surface area (TPSA) is 154 Å². The third-order valence-corrected chi connectivity index (χ3v) is 3.95. The lowest BCUT2D eigenvalue weighted by atomic mass is 10.1. The van der Waals surface area contributed by atoms with Crippen molar-refractivity contribution in [1.82, 2.24) is 16.0 Å². The van der Waals surface area contributed by atoms with Crippen molar-refractivity contribution >= 4 is 42.3 Å². The highest BCUT2D eigenvalue weighted by atomic mass is 32.1. The molecule has 0 aromatic carbocycles. The zero-order valence-corrected chi connectivity index (χ0v) is 18.0. The van der Waals surface area contributed by atoms with Gasteiger partial charge in [0.2, 0.25) is 17.7 Å². The molecular formula is C17H30N4O7S. The van der Waals surface area contributed by atoms with Crippen LogP contribution >= 0.6 is 12.6 Å². The fourth-order valence-corrected chi connectivity index (χ4v) is 2.25. The van der Waals surface area contributed by atoms with Crippen molar-refractivity contribution in [1.29, 1.82) is 0 Å². The van der Waals surface area contributed by atoms with Gasteiger partial charge in [-0.3, -0.25) is 19.2 Å². The highest BCUT2D eigenvalue weighted by molar-refractivity contribution is 7.80. The minimum Gasteiger partial charge on any atom is -0.548 e. The van der Waals surface area contributed by atoms with Crippen LogP contribution in [0.4, 0.5) is 0 Å². The number of thiol groups is 1. The van der Waals surface area contributed by atoms with Crippen LogP contribution in [0.25, 0.3) is 0 Å². The van der Waals surface area contributed by atoms with E-state index in [2.05, 4.69) is 28.6 Å². The molecule has 0 aliphatic rings. The number of hydrogen-bond donors (Lipinski definition) is 4. The maximum Gasteiger partial charge on any atom is 0.325 e. The van der Waals surface area contributed by atoms with E-state index in [1.807, 2.05) is 21.1 Å². The Balaban J connectivity index is 4.39. The molecule has 3 N–H and O–H groups in total. The molecule has 0 unspecified atom stereocenters. The van der Waals surface area contributed by atoms with Crippen LogP contribution in [0, 0.1) is 0 Å². The van der Waals surface area contributed by atoms with E-state index in [4.69, 9.17) is 4.74 Å². The van der Waals surface area contributed by atoms with Crippen LogP contribution in [-0.2, 0) is 28.7 Å². The number of aliphatic carboxylic acids is 1. The first-order valence-electron chi connectivity index (χ1n) is 8.97. The summed E-state index contributed by atoms with van der Waals surface area (Å²) in [6, 6.07) is -2.34. The van der Waals surface area contributed by atoms with E-state index in [1.54, 1.807) is 0 Å². The molecule has 11 nitrogen and oxygen atoms in total. The number of ether oxygens (including phenoxy) is 1. The summed E-state index contributed by atoms with van der Waals surface area (Å²) in [6.45, 7) is 1.61. The van der Waals surface area contributed by atoms with E-state index in [0.29, 0.717) is 11.0 Å². The molecular weight excluding hydrogens is 404 g/mol. The largest absolute Gasteiger partial charge is 0.548 e. The molecule has 0 fully saturated rings. The molecule has 0 saturated heterocycles. The molecule has 166 valence electrons. The van der Waals surface area contributed by atoms with Gasteiger partial charge in [-0.25, -0.2) is 0 Å². The minimum absolute atomic E-state index is 0.0380. The van der Waals surface area contributed by atoms with Gasteiger partial charge in [0, 0.05) is 19.1 Å². The number of esters is 1. The van der Waals surface area contributed by atoms with Gasteiger partial charge in [0.25, 0.3) is 0 Å². The lowest BCUT2D eigenvalue weighted by Crippen LogP contribution is -2.50. The Morgan fingerprint density at radius 2 is 1.69 bits per heavy atom. The Bertz CT molecular complexity index is 607. The smallest absolute Gasteiger partial charge is 0.325 e. The van der Waals surface area contributed by atoms with Crippen LogP contribution in [0.3, 0.4) is 0 Å². The van der Waals surface area contributed by atoms with E-state index in [1.165, 1.54) is 0 Å². The highest BCUT2D eigenvalue weighted by Crippen LogP contribution is 1.99. The number of amides is 3. The molecule has 3 amide bonds. The Morgan fingerprint density at radius 3 is 2.17 bits per heavy atom. The van der Waals surface area contributed by atoms with Crippen molar-refractivity contribution in [3.8, 4) is 0 Å². The van der Waals surface area contributed by atoms with Crippen LogP contribution in [0.5, 0.6) is 0 Å². The number of quaternary nitrogens is 1. The maximum atomic E-state index is 12.1. The van der Waals surface area contributed by atoms with Gasteiger partial charge in [0.05, 0.1) is 33.2 Å². The van der Waals surface area contributed by atoms with Crippen molar-refractivity contribution in [2.45, 2.75) is 31.8 Å². The van der Waals surface area contributed by atoms with Gasteiger partial charge >= 0.3 is 5.97 Å². The predicted octanol–water partition coefficient (Wildman–Crippen LogP) is -3.20. The molecule has 0 radical (unpaired) electrons. The van der Waals surface area contributed by atoms with Crippen LogP contribution in [0.1, 0.15) is 19.8 Å². The summed E-state index contributed by atoms with van der Waals surface area (Å²) < 4.78 is 5.63. The van der Waals surface area contributed by atoms with Gasteiger partial charge in [-0.2, -0.15) is 12.6 Å². The lowest BCUT2D eigenvalue weighted by molar-refractivity contribution is -0.870. The summed E-state index contributed by atoms with van der Waals surface area (Å²) in [6.07, 6.45) is -0.461. The van der Waals surface area contributed by atoms with E-state index in [-0.39, 0.29) is 31.7 Å². The second kappa shape index (κ2) is 13.0. The van der Waals surface area contributed by atoms with Gasteiger partial charge in [-0.15, -0.1) is 0 Å². The predicted molar refractivity (Wildman–Crippen MR) is 104 cm³/mol. The number of nitrogens with one attached hydrogen (secondary N) is 3. The number of nitrogens with zero attached hydrogens (tertiary/aromatic N) is 1. The summed E-state index contributed by atoms with van der Waals surface area (Å²) in [5, 5.41) is 17.8. The van der Waals surface area contributed by atoms with Gasteiger partial charge in [-0.05, 0) is 6.42 Å². The van der Waals surface area contributed by atoms with E-state index < -0.39 is 41.7 Å². The standard InChI is InChI=1S/C17H30N4O7S/c1-11(22)19-12(17(26)27)5-6-14(23)20-13(10-29)16(25)18-9-15(24)28-8-7-21(2,3)4/h12-13H,5-10H2,1-4H3,(H4-,18,19,20,22,23,25,26,27,29)/t12-,13+/m0/s1. The van der Waals surface area contributed by atoms with Gasteiger partial charge in [0.1, 0.15) is 25.7 Å². The van der Waals surface area contributed by atoms with Crippen molar-refractivity contribution < 1.29 is 38.3 Å². The van der Waals surface area contributed by atoms with Crippen LogP contribution < -0.4 is 21.1 Å². The van der Waals surface area contributed by atoms with E-state index in [9.17, 15) is 29.1 Å². The zero-order chi connectivity index (χ0) is 22.6. The first-order chi connectivity index (χ1) is 13.4. The van der Waals surface area contributed by atoms with E-state index in [0.717, 1.165) is 6.92 Å². The summed E-state index contributed by atoms with van der Waals surface area (Å²) >= 11 is 3.99. The van der Waals surface area contributed by atoms with Crippen molar-refractivity contribution in [3.63, 3.8) is 0 Å². The molecule has 0 saturated carbocycles. The minimum atomic E-state index is -1.51. The molecule has 29 heavy (non-hydrogen) atoms. The molecule has 0 spiro atoms. The molecule has 2 atom stereocenters. The number of carbonyl (C=O) groups excluding carboxylic acids is 5. The third-order valence-electron chi connectivity index (χ3n) is 3.59. The highest BCUT2D eigenvalue weighted by Gasteiger charge is 2.21. The fraction of sp³-hybridized carbons (Fsp3) is 0.706. The molecule has 0 rings (SSSR count). The molecule has 0 aromatic rings. The van der Waals surface area contributed by atoms with Crippen LogP contribution in [0.2, 0.25) is 0 Å². The second-order valence-electron chi connectivity index (χ2n) is 7.37. The molecule has 12 heteroatoms. The first-order valence-corrected chi connectivity index (χ1v) is 9.61. The summed E-state index contributed by atoms with van der Waals surface area (Å²) in [5.74, 6) is -3.97. The average Bonchev–Trinajstić information content (AvgIpc) is 2.59. The van der Waals surface area contributed by atoms with Crippen LogP contribution in [-0.4, -0.2) is 92.8 Å². The number of likely N-dealkylation sites (N-methyl/N-ethyl adjacent to an activating group) is 1. The second-order valence-corrected chi connectivity index (χ2v) is 7.73. The maximum absolute atomic E-state index is 12.1. The Labute approximate surface area is 175 Å². The molecule has 0 aromatic heterocycles. The summed E-state index contributed by atoms with van der Waals surface area (Å²) in [7, 11) is 5.84. The van der Waals surface area contributed by atoms with Crippen LogP contribution in [0.15, 0.2) is 0 Å². The normalized spacial score (nSPS) is 13.0. The number of rotatable bonds is 13. The molecule has 0 bridgehead atoms. The SMILES string of the molecule is CC(=O)N[C@@H](CCC(=O)N[C@H](CS)C(=O)NCC(=O)OCC[N+](C)(C)C)C(=O)[O-]. The van der Waals surface area contributed by atoms with Gasteiger partial charge in [0.15, 0.2) is 0 Å². The average molecular weight is 435 g/mol. The summed E-state index contributed by atoms with van der Waals surface area (Å²) in [4.78, 5) is 57.6. The zero-order valence-electron chi connectivity index (χ0n) is 17.1. The number of carbonyl (C=O) groups is 5. The Kier molecular flexibility index (Phi) is 11.9. The van der Waals surface area contributed by atoms with E-state index >= 15 is 0 Å². The lowest BCUT2D eigenvalue weighted by Gasteiger charge is -2.23. The Hall–Kier alpha value is -2.34.